The fraction of sp³-hybridized carbons (Fsp3) is 0.0526. The van der Waals surface area contributed by atoms with Crippen molar-refractivity contribution in [2.75, 3.05) is 0 Å². The summed E-state index contributed by atoms with van der Waals surface area (Å²) in [6, 6.07) is 60.6. The second-order valence-electron chi connectivity index (χ2n) is 11.0. The third-order valence-corrected chi connectivity index (χ3v) is 40.8. The van der Waals surface area contributed by atoms with Crippen LogP contribution in [0.5, 0.6) is 0 Å². The molecule has 0 N–H and O–H groups in total. The molecule has 0 nitrogen and oxygen atoms in total. The van der Waals surface area contributed by atoms with E-state index < -0.39 is 26.6 Å². The first kappa shape index (κ1) is 24.2. The quantitative estimate of drug-likeness (QED) is 0.163. The average molecular weight is 692 g/mol. The van der Waals surface area contributed by atoms with Gasteiger partial charge in [-0.25, -0.2) is 0 Å². The van der Waals surface area contributed by atoms with Gasteiger partial charge in [0.05, 0.1) is 0 Å². The number of fused-ring (bicyclic) bond motifs is 6. The molecule has 0 saturated heterocycles. The Hall–Kier alpha value is -3.59. The number of benzene rings is 6. The van der Waals surface area contributed by atoms with Crippen molar-refractivity contribution in [2.45, 2.75) is 7.35 Å². The van der Waals surface area contributed by atoms with Gasteiger partial charge in [0.15, 0.2) is 0 Å². The van der Waals surface area contributed by atoms with Gasteiger partial charge < -0.3 is 0 Å². The number of hydrogen-bond donors (Lipinski definition) is 0. The first-order valence-corrected chi connectivity index (χ1v) is 26.3. The molecule has 0 radical (unpaired) electrons. The van der Waals surface area contributed by atoms with Crippen LogP contribution in [0.25, 0.3) is 22.3 Å². The summed E-state index contributed by atoms with van der Waals surface area (Å²) < 4.78 is 1.05. The van der Waals surface area contributed by atoms with Gasteiger partial charge in [-0.1, -0.05) is 0 Å². The molecule has 0 saturated carbocycles. The topological polar surface area (TPSA) is 0 Å². The molecule has 6 aromatic rings. The Morgan fingerprint density at radius 2 is 0.600 bits per heavy atom. The van der Waals surface area contributed by atoms with E-state index in [1.165, 1.54) is 22.3 Å². The summed E-state index contributed by atoms with van der Waals surface area (Å²) in [6.45, 7) is 0. The molecule has 0 spiro atoms. The normalized spacial score (nSPS) is 13.5. The van der Waals surface area contributed by atoms with Gasteiger partial charge in [0.1, 0.15) is 0 Å². The predicted octanol–water partition coefficient (Wildman–Crippen LogP) is 7.68. The molecule has 0 bridgehead atoms. The van der Waals surface area contributed by atoms with E-state index in [1.54, 1.807) is 32.6 Å². The molecule has 0 amide bonds. The van der Waals surface area contributed by atoms with Crippen molar-refractivity contribution in [1.29, 1.82) is 0 Å². The Bertz CT molecular complexity index is 1600. The molecular weight excluding hydrogens is 663 g/mol. The van der Waals surface area contributed by atoms with Gasteiger partial charge in [0.25, 0.3) is 0 Å². The zero-order valence-electron chi connectivity index (χ0n) is 22.2. The van der Waals surface area contributed by atoms with Gasteiger partial charge in [-0.15, -0.1) is 0 Å². The molecule has 2 heteroatoms. The van der Waals surface area contributed by atoms with Crippen LogP contribution in [-0.4, -0.2) is 5.98 Å². The van der Waals surface area contributed by atoms with E-state index >= 15 is 0 Å². The van der Waals surface area contributed by atoms with Crippen LogP contribution in [0.15, 0.2) is 158 Å². The minimum atomic E-state index is -2.85. The minimum absolute atomic E-state index is 0.527. The van der Waals surface area contributed by atoms with Crippen molar-refractivity contribution in [3.05, 3.63) is 180 Å². The Labute approximate surface area is 245 Å². The van der Waals surface area contributed by atoms with Crippen LogP contribution in [0, 0.1) is 0 Å². The summed E-state index contributed by atoms with van der Waals surface area (Å²) in [5, 5.41) is 3.22. The van der Waals surface area contributed by atoms with E-state index in [9.17, 15) is 0 Å². The number of rotatable bonds is 5. The monoisotopic (exact) mass is 693 g/mol. The maximum absolute atomic E-state index is 2.85. The van der Waals surface area contributed by atoms with Gasteiger partial charge in [-0.3, -0.25) is 0 Å². The molecule has 0 heterocycles. The van der Waals surface area contributed by atoms with E-state index in [1.807, 2.05) is 0 Å². The zero-order valence-corrected chi connectivity index (χ0v) is 27.0. The Balaban J connectivity index is 1.47. The third-order valence-electron chi connectivity index (χ3n) is 8.93. The average Bonchev–Trinajstić information content (AvgIpc) is 3.54. The summed E-state index contributed by atoms with van der Waals surface area (Å²) in [6.07, 6.45) is 0. The van der Waals surface area contributed by atoms with Gasteiger partial charge in [-0.2, -0.15) is 0 Å². The van der Waals surface area contributed by atoms with Crippen molar-refractivity contribution in [3.8, 4) is 22.3 Å². The second kappa shape index (κ2) is 10.1. The van der Waals surface area contributed by atoms with E-state index in [0.29, 0.717) is 7.35 Å². The molecular formula is C38H29HfSi. The first-order valence-electron chi connectivity index (χ1n) is 14.2. The van der Waals surface area contributed by atoms with Crippen LogP contribution in [0.4, 0.5) is 0 Å². The predicted molar refractivity (Wildman–Crippen MR) is 167 cm³/mol. The first-order chi connectivity index (χ1) is 19.9. The van der Waals surface area contributed by atoms with Crippen molar-refractivity contribution >= 4 is 16.4 Å². The molecule has 0 aromatic heterocycles. The van der Waals surface area contributed by atoms with Crippen LogP contribution in [0.1, 0.15) is 29.6 Å². The summed E-state index contributed by atoms with van der Waals surface area (Å²) in [7, 11) is 0. The number of hydrogen-bond acceptors (Lipinski definition) is 0. The van der Waals surface area contributed by atoms with E-state index in [0.717, 1.165) is 0 Å². The molecule has 2 aliphatic rings. The van der Waals surface area contributed by atoms with E-state index in [4.69, 9.17) is 0 Å². The zero-order chi connectivity index (χ0) is 26.5. The fourth-order valence-electron chi connectivity index (χ4n) is 7.40. The second-order valence-corrected chi connectivity index (χ2v) is 32.6. The molecule has 0 fully saturated rings. The summed E-state index contributed by atoms with van der Waals surface area (Å²) in [4.78, 5) is 0. The van der Waals surface area contributed by atoms with Crippen molar-refractivity contribution < 1.29 is 20.6 Å². The van der Waals surface area contributed by atoms with Gasteiger partial charge in [0.2, 0.25) is 0 Å². The molecule has 6 aromatic carbocycles. The van der Waals surface area contributed by atoms with Crippen LogP contribution >= 0.6 is 0 Å². The Morgan fingerprint density at radius 3 is 0.925 bits per heavy atom. The maximum atomic E-state index is 2.46. The summed E-state index contributed by atoms with van der Waals surface area (Å²) >= 11 is -2.85. The molecule has 0 aliphatic heterocycles. The standard InChI is InChI=1S/2C13H9.C12H11Si.Hf/c2*1-3-7-12-10(5-1)9-11-6-2-4-8-13(11)12;1-3-7-11(8-4-1)13-12-9-5-2-6-10-12;/h2*1-9H;1-10,13H;. The van der Waals surface area contributed by atoms with Gasteiger partial charge in [-0.05, 0) is 0 Å². The fourth-order valence-corrected chi connectivity index (χ4v) is 45.9. The van der Waals surface area contributed by atoms with Crippen LogP contribution in [0.3, 0.4) is 0 Å². The molecule has 8 rings (SSSR count). The van der Waals surface area contributed by atoms with Gasteiger partial charge >= 0.3 is 247 Å². The SMILES string of the molecule is c1ccc([SiH](c2ccccc2)[Hf]([CH]2c3ccccc3-c3ccccc32)[CH]2c3ccccc3-c3ccccc32)cc1. The molecule has 0 unspecified atom stereocenters. The van der Waals surface area contributed by atoms with Gasteiger partial charge in [0, 0.05) is 0 Å². The van der Waals surface area contributed by atoms with Crippen molar-refractivity contribution in [1.82, 2.24) is 0 Å². The summed E-state index contributed by atoms with van der Waals surface area (Å²) in [5.74, 6) is -1.59. The van der Waals surface area contributed by atoms with Crippen molar-refractivity contribution in [3.63, 3.8) is 0 Å². The molecule has 0 atom stereocenters. The molecule has 2 aliphatic carbocycles. The van der Waals surface area contributed by atoms with Crippen LogP contribution < -0.4 is 10.4 Å². The third kappa shape index (κ3) is 3.81. The van der Waals surface area contributed by atoms with Crippen molar-refractivity contribution in [2.24, 2.45) is 0 Å². The van der Waals surface area contributed by atoms with E-state index in [2.05, 4.69) is 158 Å². The Morgan fingerprint density at radius 1 is 0.325 bits per heavy atom. The van der Waals surface area contributed by atoms with E-state index in [-0.39, 0.29) is 0 Å². The Kier molecular flexibility index (Phi) is 6.12. The summed E-state index contributed by atoms with van der Waals surface area (Å²) in [5.41, 5.74) is 12.2. The van der Waals surface area contributed by atoms with Crippen LogP contribution in [0.2, 0.25) is 0 Å². The molecule has 189 valence electrons. The van der Waals surface area contributed by atoms with Crippen LogP contribution in [-0.2, 0) is 20.6 Å². The molecule has 40 heavy (non-hydrogen) atoms.